The van der Waals surface area contributed by atoms with Crippen molar-refractivity contribution in [1.29, 1.82) is 0 Å². The van der Waals surface area contributed by atoms with Crippen LogP contribution in [0.25, 0.3) is 0 Å². The molecular weight excluding hydrogens is 282 g/mol. The maximum absolute atomic E-state index is 11.9. The molecule has 1 amide bonds. The van der Waals surface area contributed by atoms with Crippen molar-refractivity contribution in [3.63, 3.8) is 0 Å². The van der Waals surface area contributed by atoms with Crippen molar-refractivity contribution in [2.24, 2.45) is 0 Å². The second-order valence-electron chi connectivity index (χ2n) is 4.65. The summed E-state index contributed by atoms with van der Waals surface area (Å²) in [6.45, 7) is 1.65. The van der Waals surface area contributed by atoms with Crippen LogP contribution in [0.15, 0.2) is 48.5 Å². The van der Waals surface area contributed by atoms with Crippen LogP contribution in [0, 0.1) is 6.92 Å². The van der Waals surface area contributed by atoms with E-state index in [0.29, 0.717) is 17.1 Å². The Hall–Kier alpha value is -2.82. The molecule has 0 atom stereocenters. The van der Waals surface area contributed by atoms with E-state index in [-0.39, 0.29) is 12.5 Å². The Morgan fingerprint density at radius 2 is 1.73 bits per heavy atom. The van der Waals surface area contributed by atoms with E-state index in [4.69, 9.17) is 9.47 Å². The number of benzene rings is 2. The van der Waals surface area contributed by atoms with E-state index in [1.807, 2.05) is 19.1 Å². The number of aryl methyl sites for hydroxylation is 1. The van der Waals surface area contributed by atoms with Gasteiger partial charge in [0.2, 0.25) is 0 Å². The molecule has 5 heteroatoms. The van der Waals surface area contributed by atoms with Crippen LogP contribution in [0.5, 0.6) is 11.5 Å². The molecule has 0 radical (unpaired) electrons. The van der Waals surface area contributed by atoms with Crippen molar-refractivity contribution in [1.82, 2.24) is 5.32 Å². The zero-order valence-electron chi connectivity index (χ0n) is 12.5. The number of carbonyl (C=O) groups excluding carboxylic acids is 2. The van der Waals surface area contributed by atoms with E-state index in [2.05, 4.69) is 5.32 Å². The number of para-hydroxylation sites is 1. The van der Waals surface area contributed by atoms with Crippen LogP contribution in [-0.2, 0) is 4.79 Å². The normalized spacial score (nSPS) is 9.91. The van der Waals surface area contributed by atoms with Crippen molar-refractivity contribution in [3.05, 3.63) is 59.7 Å². The van der Waals surface area contributed by atoms with Gasteiger partial charge in [-0.2, -0.15) is 0 Å². The first-order valence-electron chi connectivity index (χ1n) is 6.78. The topological polar surface area (TPSA) is 64.6 Å². The van der Waals surface area contributed by atoms with Gasteiger partial charge in [0.25, 0.3) is 5.91 Å². The Balaban J connectivity index is 1.87. The van der Waals surface area contributed by atoms with Crippen LogP contribution in [0.1, 0.15) is 15.9 Å². The van der Waals surface area contributed by atoms with Gasteiger partial charge in [0.15, 0.2) is 0 Å². The molecule has 0 saturated heterocycles. The lowest BCUT2D eigenvalue weighted by Crippen LogP contribution is -2.31. The molecule has 5 nitrogen and oxygen atoms in total. The molecule has 0 aliphatic rings. The fourth-order valence-electron chi connectivity index (χ4n) is 1.83. The van der Waals surface area contributed by atoms with Gasteiger partial charge in [0.05, 0.1) is 7.11 Å². The van der Waals surface area contributed by atoms with E-state index < -0.39 is 5.97 Å². The summed E-state index contributed by atoms with van der Waals surface area (Å²) < 4.78 is 10.2. The minimum atomic E-state index is -0.517. The van der Waals surface area contributed by atoms with E-state index in [1.54, 1.807) is 43.5 Å². The largest absolute Gasteiger partial charge is 0.497 e. The Bertz CT molecular complexity index is 665. The maximum atomic E-state index is 11.9. The zero-order valence-corrected chi connectivity index (χ0v) is 12.5. The fraction of sp³-hybridized carbons (Fsp3) is 0.176. The van der Waals surface area contributed by atoms with Gasteiger partial charge in [-0.3, -0.25) is 4.79 Å². The van der Waals surface area contributed by atoms with Crippen molar-refractivity contribution >= 4 is 11.9 Å². The van der Waals surface area contributed by atoms with Gasteiger partial charge in [-0.1, -0.05) is 18.2 Å². The Morgan fingerprint density at radius 1 is 1.05 bits per heavy atom. The fourth-order valence-corrected chi connectivity index (χ4v) is 1.83. The van der Waals surface area contributed by atoms with E-state index in [9.17, 15) is 9.59 Å². The zero-order chi connectivity index (χ0) is 15.9. The third-order valence-electron chi connectivity index (χ3n) is 3.06. The molecule has 0 fully saturated rings. The summed E-state index contributed by atoms with van der Waals surface area (Å²) >= 11 is 0. The van der Waals surface area contributed by atoms with Gasteiger partial charge >= 0.3 is 5.97 Å². The number of hydrogen-bond acceptors (Lipinski definition) is 4. The minimum Gasteiger partial charge on any atom is -0.497 e. The molecule has 2 aromatic carbocycles. The van der Waals surface area contributed by atoms with Crippen LogP contribution in [0.3, 0.4) is 0 Å². The van der Waals surface area contributed by atoms with Gasteiger partial charge < -0.3 is 14.8 Å². The summed E-state index contributed by atoms with van der Waals surface area (Å²) in [6, 6.07) is 13.8. The molecule has 0 bridgehead atoms. The summed E-state index contributed by atoms with van der Waals surface area (Å²) in [5.74, 6) is 0.294. The highest BCUT2D eigenvalue weighted by Crippen LogP contribution is 2.16. The standard InChI is InChI=1S/C17H17NO4/c1-12-5-3-4-6-15(12)22-16(19)11-18-17(20)13-7-9-14(21-2)10-8-13/h3-10H,11H2,1-2H3,(H,18,20). The maximum Gasteiger partial charge on any atom is 0.330 e. The molecule has 0 aromatic heterocycles. The number of methoxy groups -OCH3 is 1. The van der Waals surface area contributed by atoms with Gasteiger partial charge in [-0.15, -0.1) is 0 Å². The molecule has 0 aliphatic carbocycles. The van der Waals surface area contributed by atoms with Crippen molar-refractivity contribution < 1.29 is 19.1 Å². The summed E-state index contributed by atoms with van der Waals surface area (Å²) in [5, 5.41) is 2.52. The number of carbonyl (C=O) groups is 2. The first-order chi connectivity index (χ1) is 10.6. The molecule has 0 saturated carbocycles. The number of nitrogens with one attached hydrogen (secondary N) is 1. The molecule has 114 valence electrons. The van der Waals surface area contributed by atoms with Gasteiger partial charge in [0, 0.05) is 5.56 Å². The number of ether oxygens (including phenoxy) is 2. The lowest BCUT2D eigenvalue weighted by atomic mass is 10.2. The monoisotopic (exact) mass is 299 g/mol. The Labute approximate surface area is 128 Å². The average molecular weight is 299 g/mol. The van der Waals surface area contributed by atoms with Crippen LogP contribution >= 0.6 is 0 Å². The number of amides is 1. The van der Waals surface area contributed by atoms with Gasteiger partial charge in [-0.25, -0.2) is 4.79 Å². The molecule has 0 heterocycles. The summed E-state index contributed by atoms with van der Waals surface area (Å²) in [6.07, 6.45) is 0. The lowest BCUT2D eigenvalue weighted by molar-refractivity contribution is -0.133. The molecule has 2 rings (SSSR count). The van der Waals surface area contributed by atoms with Gasteiger partial charge in [0.1, 0.15) is 18.0 Å². The second-order valence-corrected chi connectivity index (χ2v) is 4.65. The molecule has 22 heavy (non-hydrogen) atoms. The SMILES string of the molecule is COc1ccc(C(=O)NCC(=O)Oc2ccccc2C)cc1. The molecule has 0 spiro atoms. The summed E-state index contributed by atoms with van der Waals surface area (Å²) in [5.41, 5.74) is 1.31. The first-order valence-corrected chi connectivity index (χ1v) is 6.78. The van der Waals surface area contributed by atoms with E-state index in [0.717, 1.165) is 5.56 Å². The molecule has 0 aliphatic heterocycles. The van der Waals surface area contributed by atoms with E-state index >= 15 is 0 Å². The average Bonchev–Trinajstić information content (AvgIpc) is 2.55. The molecular formula is C17H17NO4. The first kappa shape index (κ1) is 15.6. The minimum absolute atomic E-state index is 0.195. The van der Waals surface area contributed by atoms with Crippen LogP contribution in [-0.4, -0.2) is 25.5 Å². The summed E-state index contributed by atoms with van der Waals surface area (Å²) in [4.78, 5) is 23.7. The van der Waals surface area contributed by atoms with E-state index in [1.165, 1.54) is 0 Å². The second kappa shape index (κ2) is 7.26. The predicted octanol–water partition coefficient (Wildman–Crippen LogP) is 2.34. The molecule has 0 unspecified atom stereocenters. The van der Waals surface area contributed by atoms with Crippen molar-refractivity contribution in [2.75, 3.05) is 13.7 Å². The number of rotatable bonds is 5. The highest BCUT2D eigenvalue weighted by molar-refractivity contribution is 5.96. The smallest absolute Gasteiger partial charge is 0.330 e. The highest BCUT2D eigenvalue weighted by atomic mass is 16.5. The van der Waals surface area contributed by atoms with Gasteiger partial charge in [-0.05, 0) is 42.8 Å². The lowest BCUT2D eigenvalue weighted by Gasteiger charge is -2.08. The predicted molar refractivity (Wildman–Crippen MR) is 82.1 cm³/mol. The molecule has 1 N–H and O–H groups in total. The summed E-state index contributed by atoms with van der Waals surface area (Å²) in [7, 11) is 1.55. The van der Waals surface area contributed by atoms with Crippen LogP contribution in [0.2, 0.25) is 0 Å². The quantitative estimate of drug-likeness (QED) is 0.680. The Morgan fingerprint density at radius 3 is 2.36 bits per heavy atom. The van der Waals surface area contributed by atoms with Crippen molar-refractivity contribution in [3.8, 4) is 11.5 Å². The Kier molecular flexibility index (Phi) is 5.14. The van der Waals surface area contributed by atoms with Crippen molar-refractivity contribution in [2.45, 2.75) is 6.92 Å². The van der Waals surface area contributed by atoms with Crippen LogP contribution in [0.4, 0.5) is 0 Å². The number of esters is 1. The number of hydrogen-bond donors (Lipinski definition) is 1. The molecule has 2 aromatic rings. The third-order valence-corrected chi connectivity index (χ3v) is 3.06. The van der Waals surface area contributed by atoms with Crippen LogP contribution < -0.4 is 14.8 Å². The third kappa shape index (κ3) is 4.09. The highest BCUT2D eigenvalue weighted by Gasteiger charge is 2.10.